The normalized spacial score (nSPS) is 10.9. The van der Waals surface area contributed by atoms with Crippen molar-refractivity contribution in [2.75, 3.05) is 20.0 Å². The lowest BCUT2D eigenvalue weighted by Gasteiger charge is -2.06. The van der Waals surface area contributed by atoms with Crippen molar-refractivity contribution < 1.29 is 14.3 Å². The standard InChI is InChI=1S/C20H19ClN4O3S3/c1-27-16-7-8-17(28-2)14(9-16)10-22-23-18(26)12-30-20-25-24-19(31-20)29-11-13-3-5-15(21)6-4-13/h3-10H,11-12H2,1-2H3,(H,23,26). The molecule has 1 heterocycles. The summed E-state index contributed by atoms with van der Waals surface area (Å²) in [7, 11) is 3.15. The molecule has 0 spiro atoms. The molecule has 7 nitrogen and oxygen atoms in total. The molecule has 31 heavy (non-hydrogen) atoms. The number of halogens is 1. The Balaban J connectivity index is 1.45. The Kier molecular flexibility index (Phi) is 9.01. The van der Waals surface area contributed by atoms with Crippen molar-refractivity contribution >= 4 is 58.6 Å². The summed E-state index contributed by atoms with van der Waals surface area (Å²) in [4.78, 5) is 12.1. The van der Waals surface area contributed by atoms with Crippen molar-refractivity contribution in [3.63, 3.8) is 0 Å². The van der Waals surface area contributed by atoms with Gasteiger partial charge in [0.15, 0.2) is 8.68 Å². The largest absolute Gasteiger partial charge is 0.497 e. The Morgan fingerprint density at radius 2 is 1.87 bits per heavy atom. The van der Waals surface area contributed by atoms with Crippen LogP contribution in [0.1, 0.15) is 11.1 Å². The third kappa shape index (κ3) is 7.42. The van der Waals surface area contributed by atoms with Gasteiger partial charge in [-0.25, -0.2) is 5.43 Å². The van der Waals surface area contributed by atoms with E-state index in [2.05, 4.69) is 20.7 Å². The maximum atomic E-state index is 12.1. The summed E-state index contributed by atoms with van der Waals surface area (Å²) >= 11 is 10.3. The lowest BCUT2D eigenvalue weighted by Crippen LogP contribution is -2.19. The average molecular weight is 495 g/mol. The number of amides is 1. The van der Waals surface area contributed by atoms with Gasteiger partial charge in [0.25, 0.3) is 5.91 Å². The molecule has 0 aliphatic heterocycles. The van der Waals surface area contributed by atoms with Crippen molar-refractivity contribution in [3.05, 3.63) is 58.6 Å². The number of hydrazone groups is 1. The van der Waals surface area contributed by atoms with E-state index in [0.717, 1.165) is 20.0 Å². The number of hydrogen-bond acceptors (Lipinski definition) is 9. The fraction of sp³-hybridized carbons (Fsp3) is 0.200. The van der Waals surface area contributed by atoms with Gasteiger partial charge in [0.1, 0.15) is 11.5 Å². The fourth-order valence-corrected chi connectivity index (χ4v) is 5.21. The minimum Gasteiger partial charge on any atom is -0.497 e. The first-order valence-electron chi connectivity index (χ1n) is 8.95. The van der Waals surface area contributed by atoms with Gasteiger partial charge >= 0.3 is 0 Å². The van der Waals surface area contributed by atoms with E-state index in [1.54, 1.807) is 44.2 Å². The third-order valence-corrected chi connectivity index (χ3v) is 7.33. The fourth-order valence-electron chi connectivity index (χ4n) is 2.31. The average Bonchev–Trinajstić information content (AvgIpc) is 3.25. The van der Waals surface area contributed by atoms with Gasteiger partial charge in [0, 0.05) is 16.3 Å². The topological polar surface area (TPSA) is 85.7 Å². The molecule has 3 rings (SSSR count). The number of nitrogens with zero attached hydrogens (tertiary/aromatic N) is 3. The molecule has 0 bridgehead atoms. The molecule has 1 N–H and O–H groups in total. The van der Waals surface area contributed by atoms with Crippen LogP contribution >= 0.6 is 46.5 Å². The summed E-state index contributed by atoms with van der Waals surface area (Å²) in [6.45, 7) is 0. The van der Waals surface area contributed by atoms with Crippen LogP contribution in [0.4, 0.5) is 0 Å². The zero-order chi connectivity index (χ0) is 22.1. The van der Waals surface area contributed by atoms with Crippen LogP contribution in [0.5, 0.6) is 11.5 Å². The number of nitrogens with one attached hydrogen (secondary N) is 1. The number of rotatable bonds is 10. The van der Waals surface area contributed by atoms with E-state index in [4.69, 9.17) is 21.1 Å². The number of ether oxygens (including phenoxy) is 2. The molecular weight excluding hydrogens is 476 g/mol. The number of carbonyl (C=O) groups is 1. The van der Waals surface area contributed by atoms with Gasteiger partial charge in [-0.3, -0.25) is 4.79 Å². The SMILES string of the molecule is COc1ccc(OC)c(C=NNC(=O)CSc2nnc(SCc3ccc(Cl)cc3)s2)c1. The van der Waals surface area contributed by atoms with Gasteiger partial charge in [-0.15, -0.1) is 10.2 Å². The molecule has 0 radical (unpaired) electrons. The summed E-state index contributed by atoms with van der Waals surface area (Å²) in [5.74, 6) is 2.02. The first-order chi connectivity index (χ1) is 15.1. The van der Waals surface area contributed by atoms with Gasteiger partial charge in [-0.1, -0.05) is 58.6 Å². The van der Waals surface area contributed by atoms with Crippen LogP contribution in [0.15, 0.2) is 56.2 Å². The van der Waals surface area contributed by atoms with Crippen LogP contribution in [0.2, 0.25) is 5.02 Å². The van der Waals surface area contributed by atoms with Gasteiger partial charge in [0.2, 0.25) is 0 Å². The van der Waals surface area contributed by atoms with Crippen LogP contribution in [-0.4, -0.2) is 42.3 Å². The van der Waals surface area contributed by atoms with Crippen LogP contribution in [0, 0.1) is 0 Å². The van der Waals surface area contributed by atoms with Gasteiger partial charge in [0.05, 0.1) is 26.2 Å². The van der Waals surface area contributed by atoms with Gasteiger partial charge in [-0.2, -0.15) is 5.10 Å². The highest BCUT2D eigenvalue weighted by molar-refractivity contribution is 8.03. The summed E-state index contributed by atoms with van der Waals surface area (Å²) in [5, 5.41) is 13.0. The zero-order valence-corrected chi connectivity index (χ0v) is 19.9. The first-order valence-corrected chi connectivity index (χ1v) is 12.1. The van der Waals surface area contributed by atoms with E-state index in [1.807, 2.05) is 24.3 Å². The van der Waals surface area contributed by atoms with E-state index >= 15 is 0 Å². The van der Waals surface area contributed by atoms with Crippen molar-refractivity contribution in [2.24, 2.45) is 5.10 Å². The Labute approximate surface area is 197 Å². The molecule has 1 aromatic heterocycles. The summed E-state index contributed by atoms with van der Waals surface area (Å²) < 4.78 is 12.0. The van der Waals surface area contributed by atoms with E-state index in [9.17, 15) is 4.79 Å². The number of methoxy groups -OCH3 is 2. The molecule has 11 heteroatoms. The highest BCUT2D eigenvalue weighted by Crippen LogP contribution is 2.30. The number of aromatic nitrogens is 2. The molecule has 0 aliphatic carbocycles. The number of hydrogen-bond donors (Lipinski definition) is 1. The smallest absolute Gasteiger partial charge is 0.250 e. The molecule has 162 valence electrons. The Morgan fingerprint density at radius 3 is 2.58 bits per heavy atom. The highest BCUT2D eigenvalue weighted by Gasteiger charge is 2.09. The summed E-state index contributed by atoms with van der Waals surface area (Å²) in [5.41, 5.74) is 4.35. The maximum Gasteiger partial charge on any atom is 0.250 e. The minimum atomic E-state index is -0.242. The van der Waals surface area contributed by atoms with Crippen LogP contribution < -0.4 is 14.9 Å². The second-order valence-corrected chi connectivity index (χ2v) is 9.80. The lowest BCUT2D eigenvalue weighted by atomic mass is 10.2. The van der Waals surface area contributed by atoms with Gasteiger partial charge < -0.3 is 9.47 Å². The molecule has 0 unspecified atom stereocenters. The van der Waals surface area contributed by atoms with Crippen molar-refractivity contribution in [1.29, 1.82) is 0 Å². The van der Waals surface area contributed by atoms with E-state index in [-0.39, 0.29) is 11.7 Å². The van der Waals surface area contributed by atoms with Crippen molar-refractivity contribution in [2.45, 2.75) is 14.4 Å². The van der Waals surface area contributed by atoms with E-state index in [1.165, 1.54) is 29.3 Å². The lowest BCUT2D eigenvalue weighted by molar-refractivity contribution is -0.118. The van der Waals surface area contributed by atoms with Gasteiger partial charge in [-0.05, 0) is 35.9 Å². The molecular formula is C20H19ClN4O3S3. The quantitative estimate of drug-likeness (QED) is 0.247. The molecule has 0 saturated carbocycles. The molecule has 0 atom stereocenters. The van der Waals surface area contributed by atoms with E-state index in [0.29, 0.717) is 22.1 Å². The molecule has 0 saturated heterocycles. The molecule has 0 fully saturated rings. The Hall–Kier alpha value is -2.27. The molecule has 3 aromatic rings. The number of thioether (sulfide) groups is 2. The second kappa shape index (κ2) is 11.9. The van der Waals surface area contributed by atoms with E-state index < -0.39 is 0 Å². The highest BCUT2D eigenvalue weighted by atomic mass is 35.5. The third-order valence-electron chi connectivity index (χ3n) is 3.82. The Morgan fingerprint density at radius 1 is 1.13 bits per heavy atom. The monoisotopic (exact) mass is 494 g/mol. The summed E-state index contributed by atoms with van der Waals surface area (Å²) in [6, 6.07) is 13.0. The molecule has 1 amide bonds. The maximum absolute atomic E-state index is 12.1. The predicted molar refractivity (Wildman–Crippen MR) is 127 cm³/mol. The van der Waals surface area contributed by atoms with Crippen molar-refractivity contribution in [3.8, 4) is 11.5 Å². The van der Waals surface area contributed by atoms with Crippen LogP contribution in [-0.2, 0) is 10.5 Å². The van der Waals surface area contributed by atoms with Crippen LogP contribution in [0.3, 0.4) is 0 Å². The summed E-state index contributed by atoms with van der Waals surface area (Å²) in [6.07, 6.45) is 1.51. The second-order valence-electron chi connectivity index (χ2n) is 5.94. The number of benzene rings is 2. The van der Waals surface area contributed by atoms with Crippen molar-refractivity contribution in [1.82, 2.24) is 15.6 Å². The first kappa shape index (κ1) is 23.4. The zero-order valence-electron chi connectivity index (χ0n) is 16.7. The molecule has 2 aromatic carbocycles. The molecule has 0 aliphatic rings. The number of carbonyl (C=O) groups excluding carboxylic acids is 1. The minimum absolute atomic E-state index is 0.184. The Bertz CT molecular complexity index is 1040. The van der Waals surface area contributed by atoms with Crippen LogP contribution in [0.25, 0.3) is 0 Å². The predicted octanol–water partition coefficient (Wildman–Crippen LogP) is 4.74.